The fourth-order valence-corrected chi connectivity index (χ4v) is 1.89. The van der Waals surface area contributed by atoms with Crippen LogP contribution in [0.5, 0.6) is 0 Å². The van der Waals surface area contributed by atoms with E-state index in [0.717, 1.165) is 19.6 Å². The SMILES string of the molecule is CCN1CCN(C(=O)N[C@H](CCO)C(=O)O)CC1. The first-order chi connectivity index (χ1) is 8.58. The molecule has 0 bridgehead atoms. The molecule has 1 fully saturated rings. The smallest absolute Gasteiger partial charge is 0.326 e. The van der Waals surface area contributed by atoms with E-state index in [4.69, 9.17) is 10.2 Å². The number of urea groups is 1. The lowest BCUT2D eigenvalue weighted by molar-refractivity contribution is -0.139. The Balaban J connectivity index is 2.42. The number of piperazine rings is 1. The van der Waals surface area contributed by atoms with Gasteiger partial charge in [-0.1, -0.05) is 6.92 Å². The molecule has 1 atom stereocenters. The molecule has 3 N–H and O–H groups in total. The molecule has 0 aromatic carbocycles. The number of nitrogens with zero attached hydrogens (tertiary/aromatic N) is 2. The third kappa shape index (κ3) is 4.15. The second kappa shape index (κ2) is 7.17. The molecule has 18 heavy (non-hydrogen) atoms. The summed E-state index contributed by atoms with van der Waals surface area (Å²) < 4.78 is 0. The van der Waals surface area contributed by atoms with Crippen LogP contribution in [0.3, 0.4) is 0 Å². The molecule has 1 aliphatic rings. The van der Waals surface area contributed by atoms with Crippen LogP contribution >= 0.6 is 0 Å². The number of aliphatic hydroxyl groups excluding tert-OH is 1. The van der Waals surface area contributed by atoms with Crippen LogP contribution in [0.2, 0.25) is 0 Å². The maximum absolute atomic E-state index is 11.8. The highest BCUT2D eigenvalue weighted by Gasteiger charge is 2.25. The van der Waals surface area contributed by atoms with Gasteiger partial charge in [-0.05, 0) is 6.54 Å². The zero-order valence-corrected chi connectivity index (χ0v) is 10.6. The Labute approximate surface area is 106 Å². The molecule has 7 nitrogen and oxygen atoms in total. The van der Waals surface area contributed by atoms with Crippen molar-refractivity contribution in [3.8, 4) is 0 Å². The van der Waals surface area contributed by atoms with Gasteiger partial charge in [0, 0.05) is 39.2 Å². The summed E-state index contributed by atoms with van der Waals surface area (Å²) in [5.41, 5.74) is 0. The number of carbonyl (C=O) groups excluding carboxylic acids is 1. The van der Waals surface area contributed by atoms with Crippen molar-refractivity contribution in [3.05, 3.63) is 0 Å². The monoisotopic (exact) mass is 259 g/mol. The lowest BCUT2D eigenvalue weighted by Crippen LogP contribution is -2.54. The van der Waals surface area contributed by atoms with Crippen molar-refractivity contribution in [2.75, 3.05) is 39.3 Å². The average molecular weight is 259 g/mol. The minimum absolute atomic E-state index is 0.0238. The molecular weight excluding hydrogens is 238 g/mol. The van der Waals surface area contributed by atoms with Gasteiger partial charge < -0.3 is 25.3 Å². The van der Waals surface area contributed by atoms with Crippen LogP contribution in [-0.4, -0.2) is 77.4 Å². The first-order valence-corrected chi connectivity index (χ1v) is 6.20. The number of carbonyl (C=O) groups is 2. The van der Waals surface area contributed by atoms with Crippen LogP contribution < -0.4 is 5.32 Å². The number of amides is 2. The van der Waals surface area contributed by atoms with Crippen LogP contribution in [0.4, 0.5) is 4.79 Å². The molecule has 0 spiro atoms. The third-order valence-electron chi connectivity index (χ3n) is 3.12. The summed E-state index contributed by atoms with van der Waals surface area (Å²) in [6.07, 6.45) is 0.0238. The number of aliphatic carboxylic acids is 1. The van der Waals surface area contributed by atoms with E-state index in [1.54, 1.807) is 4.90 Å². The van der Waals surface area contributed by atoms with Gasteiger partial charge in [-0.2, -0.15) is 0 Å². The van der Waals surface area contributed by atoms with Crippen LogP contribution in [0.1, 0.15) is 13.3 Å². The molecule has 0 saturated carbocycles. The van der Waals surface area contributed by atoms with E-state index < -0.39 is 12.0 Å². The van der Waals surface area contributed by atoms with Crippen molar-refractivity contribution >= 4 is 12.0 Å². The Morgan fingerprint density at radius 3 is 2.33 bits per heavy atom. The first-order valence-electron chi connectivity index (χ1n) is 6.20. The van der Waals surface area contributed by atoms with Crippen molar-refractivity contribution < 1.29 is 19.8 Å². The summed E-state index contributed by atoms with van der Waals surface area (Å²) in [5.74, 6) is -1.12. The van der Waals surface area contributed by atoms with Crippen LogP contribution in [0.25, 0.3) is 0 Å². The van der Waals surface area contributed by atoms with Gasteiger partial charge in [0.05, 0.1) is 0 Å². The number of hydrogen-bond acceptors (Lipinski definition) is 4. The molecule has 1 saturated heterocycles. The summed E-state index contributed by atoms with van der Waals surface area (Å²) >= 11 is 0. The van der Waals surface area contributed by atoms with Crippen molar-refractivity contribution in [2.45, 2.75) is 19.4 Å². The lowest BCUT2D eigenvalue weighted by atomic mass is 10.2. The summed E-state index contributed by atoms with van der Waals surface area (Å²) in [7, 11) is 0. The van der Waals surface area contributed by atoms with E-state index in [9.17, 15) is 9.59 Å². The highest BCUT2D eigenvalue weighted by Crippen LogP contribution is 2.02. The standard InChI is InChI=1S/C11H21N3O4/c1-2-13-4-6-14(7-5-13)11(18)12-9(3-8-15)10(16)17/h9,15H,2-8H2,1H3,(H,12,18)(H,16,17)/t9-/m1/s1. The van der Waals surface area contributed by atoms with Gasteiger partial charge in [0.25, 0.3) is 0 Å². The van der Waals surface area contributed by atoms with E-state index in [2.05, 4.69) is 17.1 Å². The van der Waals surface area contributed by atoms with E-state index in [0.29, 0.717) is 13.1 Å². The van der Waals surface area contributed by atoms with Crippen molar-refractivity contribution in [1.29, 1.82) is 0 Å². The van der Waals surface area contributed by atoms with Gasteiger partial charge >= 0.3 is 12.0 Å². The molecule has 1 aliphatic heterocycles. The molecule has 0 unspecified atom stereocenters. The second-order valence-electron chi connectivity index (χ2n) is 4.27. The Bertz CT molecular complexity index is 290. The summed E-state index contributed by atoms with van der Waals surface area (Å²) in [4.78, 5) is 26.5. The lowest BCUT2D eigenvalue weighted by Gasteiger charge is -2.34. The average Bonchev–Trinajstić information content (AvgIpc) is 2.38. The fraction of sp³-hybridized carbons (Fsp3) is 0.818. The maximum Gasteiger partial charge on any atom is 0.326 e. The van der Waals surface area contributed by atoms with Crippen LogP contribution in [0, 0.1) is 0 Å². The minimum atomic E-state index is -1.12. The van der Waals surface area contributed by atoms with E-state index in [1.165, 1.54) is 0 Å². The largest absolute Gasteiger partial charge is 0.480 e. The number of carboxylic acid groups (broad SMARTS) is 1. The Hall–Kier alpha value is -1.34. The number of aliphatic hydroxyl groups is 1. The Morgan fingerprint density at radius 2 is 1.89 bits per heavy atom. The highest BCUT2D eigenvalue weighted by molar-refractivity contribution is 5.82. The predicted molar refractivity (Wildman–Crippen MR) is 65.3 cm³/mol. The fourth-order valence-electron chi connectivity index (χ4n) is 1.89. The number of nitrogens with one attached hydrogen (secondary N) is 1. The number of carboxylic acids is 1. The predicted octanol–water partition coefficient (Wildman–Crippen LogP) is -0.831. The van der Waals surface area contributed by atoms with E-state index in [-0.39, 0.29) is 19.1 Å². The summed E-state index contributed by atoms with van der Waals surface area (Å²) in [6.45, 7) is 5.58. The van der Waals surface area contributed by atoms with Crippen LogP contribution in [-0.2, 0) is 4.79 Å². The second-order valence-corrected chi connectivity index (χ2v) is 4.27. The number of rotatable bonds is 5. The first kappa shape index (κ1) is 14.7. The van der Waals surface area contributed by atoms with E-state index in [1.807, 2.05) is 0 Å². The molecule has 104 valence electrons. The van der Waals surface area contributed by atoms with Crippen molar-refractivity contribution in [3.63, 3.8) is 0 Å². The zero-order valence-electron chi connectivity index (χ0n) is 10.6. The summed E-state index contributed by atoms with van der Waals surface area (Å²) in [6, 6.07) is -1.39. The molecule has 7 heteroatoms. The van der Waals surface area contributed by atoms with Gasteiger partial charge in [-0.25, -0.2) is 9.59 Å². The van der Waals surface area contributed by atoms with Gasteiger partial charge in [-0.15, -0.1) is 0 Å². The zero-order chi connectivity index (χ0) is 13.5. The normalized spacial score (nSPS) is 18.4. The molecule has 1 heterocycles. The van der Waals surface area contributed by atoms with E-state index >= 15 is 0 Å². The molecule has 0 aromatic heterocycles. The Morgan fingerprint density at radius 1 is 1.28 bits per heavy atom. The van der Waals surface area contributed by atoms with Gasteiger partial charge in [0.1, 0.15) is 6.04 Å². The van der Waals surface area contributed by atoms with Gasteiger partial charge in [0.15, 0.2) is 0 Å². The molecule has 2 amide bonds. The van der Waals surface area contributed by atoms with Crippen molar-refractivity contribution in [2.24, 2.45) is 0 Å². The number of likely N-dealkylation sites (N-methyl/N-ethyl adjacent to an activating group) is 1. The summed E-state index contributed by atoms with van der Waals surface area (Å²) in [5, 5.41) is 20.0. The van der Waals surface area contributed by atoms with Gasteiger partial charge in [-0.3, -0.25) is 0 Å². The maximum atomic E-state index is 11.8. The van der Waals surface area contributed by atoms with Crippen molar-refractivity contribution in [1.82, 2.24) is 15.1 Å². The molecular formula is C11H21N3O4. The third-order valence-corrected chi connectivity index (χ3v) is 3.12. The highest BCUT2D eigenvalue weighted by atomic mass is 16.4. The van der Waals surface area contributed by atoms with Crippen LogP contribution in [0.15, 0.2) is 0 Å². The minimum Gasteiger partial charge on any atom is -0.480 e. The molecule has 1 rings (SSSR count). The topological polar surface area (TPSA) is 93.1 Å². The molecule has 0 aromatic rings. The molecule has 0 radical (unpaired) electrons. The number of hydrogen-bond donors (Lipinski definition) is 3. The molecule has 0 aliphatic carbocycles. The Kier molecular flexibility index (Phi) is 5.87. The van der Waals surface area contributed by atoms with Gasteiger partial charge in [0.2, 0.25) is 0 Å². The quantitative estimate of drug-likeness (QED) is 0.599.